The molecule has 1 N–H and O–H groups in total. The molecular weight excluding hydrogens is 338 g/mol. The van der Waals surface area contributed by atoms with Gasteiger partial charge in [-0.3, -0.25) is 0 Å². The second-order valence-corrected chi connectivity index (χ2v) is 5.74. The maximum Gasteiger partial charge on any atom is 0.147 e. The van der Waals surface area contributed by atoms with E-state index in [-0.39, 0.29) is 10.2 Å². The van der Waals surface area contributed by atoms with Crippen LogP contribution in [0.2, 0.25) is 0 Å². The lowest BCUT2D eigenvalue weighted by Crippen LogP contribution is -2.02. The number of benzene rings is 2. The van der Waals surface area contributed by atoms with E-state index in [0.29, 0.717) is 6.54 Å². The van der Waals surface area contributed by atoms with Crippen LogP contribution < -0.4 is 5.32 Å². The highest BCUT2D eigenvalue weighted by Gasteiger charge is 2.10. The van der Waals surface area contributed by atoms with Crippen molar-refractivity contribution in [3.63, 3.8) is 0 Å². The maximum absolute atomic E-state index is 13.8. The molecule has 0 aliphatic rings. The van der Waals surface area contributed by atoms with Gasteiger partial charge >= 0.3 is 0 Å². The van der Waals surface area contributed by atoms with E-state index >= 15 is 0 Å². The highest BCUT2D eigenvalue weighted by atomic mass is 79.9. The molecule has 0 saturated heterocycles. The molecule has 2 aromatic carbocycles. The highest BCUT2D eigenvalue weighted by Crippen LogP contribution is 2.25. The van der Waals surface area contributed by atoms with Crippen molar-refractivity contribution in [2.75, 3.05) is 5.32 Å². The van der Waals surface area contributed by atoms with E-state index in [2.05, 4.69) is 21.2 Å². The minimum atomic E-state index is -0.489. The lowest BCUT2D eigenvalue weighted by atomic mass is 10.1. The third-order valence-corrected chi connectivity index (χ3v) is 4.07. The molecule has 0 fully saturated rings. The summed E-state index contributed by atoms with van der Waals surface area (Å²) in [5.74, 6) is -0.972. The number of fused-ring (bicyclic) bond motifs is 1. The first-order valence-electron chi connectivity index (χ1n) is 6.47. The van der Waals surface area contributed by atoms with Gasteiger partial charge in [0.05, 0.1) is 10.2 Å². The van der Waals surface area contributed by atoms with Crippen molar-refractivity contribution in [3.05, 3.63) is 64.3 Å². The number of nitrogens with one attached hydrogen (secondary N) is 1. The standard InChI is InChI=1S/C16H13BrF2N2/c1-21-9-10(11-4-2-3-5-16(11)21)8-20-15-7-13(18)12(17)6-14(15)19/h2-7,9,20H,8H2,1H3. The van der Waals surface area contributed by atoms with Crippen molar-refractivity contribution >= 4 is 32.5 Å². The first-order chi connectivity index (χ1) is 10.1. The summed E-state index contributed by atoms with van der Waals surface area (Å²) in [6.07, 6.45) is 1.99. The molecule has 0 saturated carbocycles. The summed E-state index contributed by atoms with van der Waals surface area (Å²) in [4.78, 5) is 0. The van der Waals surface area contributed by atoms with Gasteiger partial charge in [0, 0.05) is 36.8 Å². The molecule has 1 aromatic heterocycles. The zero-order valence-corrected chi connectivity index (χ0v) is 12.9. The lowest BCUT2D eigenvalue weighted by molar-refractivity contribution is 0.596. The van der Waals surface area contributed by atoms with Gasteiger partial charge in [-0.1, -0.05) is 18.2 Å². The average molecular weight is 351 g/mol. The van der Waals surface area contributed by atoms with Crippen molar-refractivity contribution in [1.29, 1.82) is 0 Å². The van der Waals surface area contributed by atoms with Crippen LogP contribution >= 0.6 is 15.9 Å². The average Bonchev–Trinajstić information content (AvgIpc) is 2.79. The summed E-state index contributed by atoms with van der Waals surface area (Å²) in [7, 11) is 1.96. The van der Waals surface area contributed by atoms with Gasteiger partial charge in [0.2, 0.25) is 0 Å². The van der Waals surface area contributed by atoms with Crippen LogP contribution in [0.25, 0.3) is 10.9 Å². The number of aromatic nitrogens is 1. The first kappa shape index (κ1) is 14.1. The van der Waals surface area contributed by atoms with Crippen molar-refractivity contribution in [3.8, 4) is 0 Å². The van der Waals surface area contributed by atoms with Crippen LogP contribution in [0.15, 0.2) is 47.1 Å². The van der Waals surface area contributed by atoms with Gasteiger partial charge in [-0.15, -0.1) is 0 Å². The molecule has 21 heavy (non-hydrogen) atoms. The molecule has 3 rings (SSSR count). The quantitative estimate of drug-likeness (QED) is 0.669. The topological polar surface area (TPSA) is 17.0 Å². The second-order valence-electron chi connectivity index (χ2n) is 4.88. The molecule has 0 atom stereocenters. The SMILES string of the molecule is Cn1cc(CNc2cc(F)c(Br)cc2F)c2ccccc21. The smallest absolute Gasteiger partial charge is 0.147 e. The Morgan fingerprint density at radius 1 is 1.14 bits per heavy atom. The van der Waals surface area contributed by atoms with E-state index in [1.807, 2.05) is 42.1 Å². The fourth-order valence-corrected chi connectivity index (χ4v) is 2.73. The number of rotatable bonds is 3. The summed E-state index contributed by atoms with van der Waals surface area (Å²) in [6, 6.07) is 10.3. The fourth-order valence-electron chi connectivity index (χ4n) is 2.41. The third-order valence-electron chi connectivity index (χ3n) is 3.46. The molecule has 108 valence electrons. The molecule has 2 nitrogen and oxygen atoms in total. The molecule has 3 aromatic rings. The van der Waals surface area contributed by atoms with Gasteiger partial charge in [-0.05, 0) is 33.6 Å². The Morgan fingerprint density at radius 2 is 1.90 bits per heavy atom. The van der Waals surface area contributed by atoms with Crippen LogP contribution in [0.5, 0.6) is 0 Å². The van der Waals surface area contributed by atoms with E-state index in [4.69, 9.17) is 0 Å². The number of hydrogen-bond acceptors (Lipinski definition) is 1. The van der Waals surface area contributed by atoms with Crippen LogP contribution in [-0.4, -0.2) is 4.57 Å². The number of hydrogen-bond donors (Lipinski definition) is 1. The molecule has 0 unspecified atom stereocenters. The first-order valence-corrected chi connectivity index (χ1v) is 7.27. The molecule has 1 heterocycles. The van der Waals surface area contributed by atoms with Gasteiger partial charge in [-0.2, -0.15) is 0 Å². The molecule has 0 spiro atoms. The minimum absolute atomic E-state index is 0.121. The third kappa shape index (κ3) is 2.65. The molecular formula is C16H13BrF2N2. The van der Waals surface area contributed by atoms with Crippen LogP contribution in [0.4, 0.5) is 14.5 Å². The van der Waals surface area contributed by atoms with Crippen LogP contribution in [0.1, 0.15) is 5.56 Å². The predicted octanol–water partition coefficient (Wildman–Crippen LogP) is 4.83. The summed E-state index contributed by atoms with van der Waals surface area (Å²) in [5.41, 5.74) is 2.30. The monoisotopic (exact) mass is 350 g/mol. The number of halogens is 3. The molecule has 5 heteroatoms. The summed E-state index contributed by atoms with van der Waals surface area (Å²) < 4.78 is 29.4. The zero-order chi connectivity index (χ0) is 15.0. The Labute approximate surface area is 129 Å². The van der Waals surface area contributed by atoms with Crippen molar-refractivity contribution in [1.82, 2.24) is 4.57 Å². The summed E-state index contributed by atoms with van der Waals surface area (Å²) in [6.45, 7) is 0.430. The number of aryl methyl sites for hydroxylation is 1. The Hall–Kier alpha value is -1.88. The number of anilines is 1. The van der Waals surface area contributed by atoms with Gasteiger partial charge in [0.15, 0.2) is 0 Å². The largest absolute Gasteiger partial charge is 0.378 e. The number of para-hydroxylation sites is 1. The molecule has 0 aliphatic carbocycles. The predicted molar refractivity (Wildman–Crippen MR) is 84.3 cm³/mol. The van der Waals surface area contributed by atoms with Crippen molar-refractivity contribution in [2.24, 2.45) is 7.05 Å². The van der Waals surface area contributed by atoms with E-state index in [1.54, 1.807) is 0 Å². The lowest BCUT2D eigenvalue weighted by Gasteiger charge is -2.08. The molecule has 0 aliphatic heterocycles. The molecule has 0 bridgehead atoms. The van der Waals surface area contributed by atoms with E-state index in [0.717, 1.165) is 28.6 Å². The van der Waals surface area contributed by atoms with Gasteiger partial charge in [0.25, 0.3) is 0 Å². The Kier molecular flexibility index (Phi) is 3.68. The van der Waals surface area contributed by atoms with Gasteiger partial charge < -0.3 is 9.88 Å². The van der Waals surface area contributed by atoms with Crippen molar-refractivity contribution in [2.45, 2.75) is 6.54 Å². The highest BCUT2D eigenvalue weighted by molar-refractivity contribution is 9.10. The van der Waals surface area contributed by atoms with E-state index in [9.17, 15) is 8.78 Å². The van der Waals surface area contributed by atoms with Crippen LogP contribution in [0, 0.1) is 11.6 Å². The van der Waals surface area contributed by atoms with Crippen LogP contribution in [0.3, 0.4) is 0 Å². The fraction of sp³-hybridized carbons (Fsp3) is 0.125. The number of nitrogens with zero attached hydrogens (tertiary/aromatic N) is 1. The maximum atomic E-state index is 13.8. The van der Waals surface area contributed by atoms with Gasteiger partial charge in [-0.25, -0.2) is 8.78 Å². The van der Waals surface area contributed by atoms with E-state index in [1.165, 1.54) is 0 Å². The van der Waals surface area contributed by atoms with Gasteiger partial charge in [0.1, 0.15) is 11.6 Å². The van der Waals surface area contributed by atoms with Crippen molar-refractivity contribution < 1.29 is 8.78 Å². The Bertz CT molecular complexity index is 811. The Morgan fingerprint density at radius 3 is 2.71 bits per heavy atom. The summed E-state index contributed by atoms with van der Waals surface area (Å²) in [5, 5.41) is 4.06. The minimum Gasteiger partial charge on any atom is -0.378 e. The normalized spacial score (nSPS) is 11.0. The van der Waals surface area contributed by atoms with E-state index < -0.39 is 11.6 Å². The second kappa shape index (κ2) is 5.48. The molecule has 0 amide bonds. The Balaban J connectivity index is 1.89. The summed E-state index contributed by atoms with van der Waals surface area (Å²) >= 11 is 2.97. The van der Waals surface area contributed by atoms with Crippen LogP contribution in [-0.2, 0) is 13.6 Å². The molecule has 0 radical (unpaired) electrons. The zero-order valence-electron chi connectivity index (χ0n) is 11.3.